The molecule has 0 aliphatic heterocycles. The summed E-state index contributed by atoms with van der Waals surface area (Å²) in [4.78, 5) is 14.9. The van der Waals surface area contributed by atoms with Crippen LogP contribution in [0.3, 0.4) is 0 Å². The highest BCUT2D eigenvalue weighted by Gasteiger charge is 2.33. The molecule has 1 amide bonds. The number of H-pyrrole nitrogens is 2. The minimum absolute atomic E-state index is 0.197. The summed E-state index contributed by atoms with van der Waals surface area (Å²) in [7, 11) is 0. The molecular weight excluding hydrogens is 297 g/mol. The number of aromatic amines is 2. The number of nitrogens with one attached hydrogen (secondary N) is 3. The van der Waals surface area contributed by atoms with Crippen LogP contribution in [-0.2, 0) is 12.7 Å². The number of hydrogen-bond donors (Lipinski definition) is 3. The fourth-order valence-corrected chi connectivity index (χ4v) is 2.15. The Morgan fingerprint density at radius 3 is 2.82 bits per heavy atom. The van der Waals surface area contributed by atoms with Gasteiger partial charge in [0.15, 0.2) is 5.69 Å². The van der Waals surface area contributed by atoms with Crippen molar-refractivity contribution in [2.24, 2.45) is 0 Å². The van der Waals surface area contributed by atoms with E-state index < -0.39 is 17.8 Å². The van der Waals surface area contributed by atoms with Gasteiger partial charge in [0.25, 0.3) is 5.91 Å². The Labute approximate surface area is 122 Å². The summed E-state index contributed by atoms with van der Waals surface area (Å²) in [5, 5.41) is 8.70. The first-order valence-corrected chi connectivity index (χ1v) is 6.41. The second-order valence-electron chi connectivity index (χ2n) is 4.70. The number of carbonyl (C=O) groups excluding carboxylic acids is 1. The van der Waals surface area contributed by atoms with Gasteiger partial charge in [-0.2, -0.15) is 18.3 Å². The number of benzene rings is 1. The van der Waals surface area contributed by atoms with Crippen LogP contribution in [-0.4, -0.2) is 21.1 Å². The highest BCUT2D eigenvalue weighted by atomic mass is 19.4. The fourth-order valence-electron chi connectivity index (χ4n) is 2.15. The molecule has 1 aromatic carbocycles. The molecule has 0 saturated carbocycles. The standard InChI is InChI=1S/C14H11F3N4O/c15-14(16,17)12-6-11(20-21-12)13(22)19-7-8-2-1-3-10-9(8)4-5-18-10/h1-6,18H,7H2,(H,19,22)(H,20,21). The minimum atomic E-state index is -4.55. The first kappa shape index (κ1) is 14.2. The predicted molar refractivity (Wildman–Crippen MR) is 73.1 cm³/mol. The molecule has 2 aromatic heterocycles. The van der Waals surface area contributed by atoms with Crippen LogP contribution in [0.25, 0.3) is 10.9 Å². The van der Waals surface area contributed by atoms with Crippen LogP contribution < -0.4 is 5.32 Å². The molecule has 0 saturated heterocycles. The summed E-state index contributed by atoms with van der Waals surface area (Å²) in [6.07, 6.45) is -2.78. The van der Waals surface area contributed by atoms with Crippen molar-refractivity contribution in [3.05, 3.63) is 53.5 Å². The Hall–Kier alpha value is -2.77. The van der Waals surface area contributed by atoms with Crippen LogP contribution in [0.15, 0.2) is 36.5 Å². The molecule has 2 heterocycles. The van der Waals surface area contributed by atoms with Crippen LogP contribution in [0, 0.1) is 0 Å². The van der Waals surface area contributed by atoms with Crippen LogP contribution in [0.5, 0.6) is 0 Å². The Morgan fingerprint density at radius 1 is 1.27 bits per heavy atom. The Bertz CT molecular complexity index is 819. The molecular formula is C14H11F3N4O. The van der Waals surface area contributed by atoms with E-state index >= 15 is 0 Å². The van der Waals surface area contributed by atoms with Crippen molar-refractivity contribution < 1.29 is 18.0 Å². The zero-order valence-corrected chi connectivity index (χ0v) is 11.2. The highest BCUT2D eigenvalue weighted by molar-refractivity contribution is 5.92. The normalized spacial score (nSPS) is 11.8. The molecule has 0 unspecified atom stereocenters. The lowest BCUT2D eigenvalue weighted by molar-refractivity contribution is -0.141. The van der Waals surface area contributed by atoms with Gasteiger partial charge >= 0.3 is 6.18 Å². The van der Waals surface area contributed by atoms with Gasteiger partial charge < -0.3 is 10.3 Å². The van der Waals surface area contributed by atoms with Gasteiger partial charge in [-0.1, -0.05) is 12.1 Å². The summed E-state index contributed by atoms with van der Waals surface area (Å²) < 4.78 is 37.3. The number of rotatable bonds is 3. The van der Waals surface area contributed by atoms with Gasteiger partial charge in [-0.15, -0.1) is 0 Å². The average molecular weight is 308 g/mol. The molecule has 0 atom stereocenters. The minimum Gasteiger partial charge on any atom is -0.361 e. The quantitative estimate of drug-likeness (QED) is 0.696. The van der Waals surface area contributed by atoms with E-state index in [4.69, 9.17) is 0 Å². The van der Waals surface area contributed by atoms with Gasteiger partial charge in [-0.25, -0.2) is 0 Å². The predicted octanol–water partition coefficient (Wildman–Crippen LogP) is 2.84. The molecule has 0 radical (unpaired) electrons. The molecule has 0 bridgehead atoms. The molecule has 0 aliphatic carbocycles. The monoisotopic (exact) mass is 308 g/mol. The van der Waals surface area contributed by atoms with Crippen LogP contribution >= 0.6 is 0 Å². The second kappa shape index (κ2) is 5.21. The Morgan fingerprint density at radius 2 is 2.09 bits per heavy atom. The van der Waals surface area contributed by atoms with Gasteiger partial charge in [0.05, 0.1) is 0 Å². The van der Waals surface area contributed by atoms with Crippen molar-refractivity contribution in [1.29, 1.82) is 0 Å². The van der Waals surface area contributed by atoms with E-state index in [1.54, 1.807) is 6.20 Å². The van der Waals surface area contributed by atoms with Gasteiger partial charge in [-0.3, -0.25) is 9.89 Å². The second-order valence-corrected chi connectivity index (χ2v) is 4.70. The number of nitrogens with zero attached hydrogens (tertiary/aromatic N) is 1. The van der Waals surface area contributed by atoms with Crippen molar-refractivity contribution in [3.63, 3.8) is 0 Å². The van der Waals surface area contributed by atoms with Gasteiger partial charge in [0.1, 0.15) is 5.69 Å². The number of aromatic nitrogens is 3. The van der Waals surface area contributed by atoms with Gasteiger partial charge in [0.2, 0.25) is 0 Å². The van der Waals surface area contributed by atoms with E-state index in [0.29, 0.717) is 6.07 Å². The Kier molecular flexibility index (Phi) is 3.36. The van der Waals surface area contributed by atoms with Crippen LogP contribution in [0.2, 0.25) is 0 Å². The topological polar surface area (TPSA) is 73.6 Å². The largest absolute Gasteiger partial charge is 0.432 e. The number of carbonyl (C=O) groups is 1. The summed E-state index contributed by atoms with van der Waals surface area (Å²) in [6, 6.07) is 8.11. The van der Waals surface area contributed by atoms with E-state index in [-0.39, 0.29) is 12.2 Å². The van der Waals surface area contributed by atoms with Crippen LogP contribution in [0.4, 0.5) is 13.2 Å². The van der Waals surface area contributed by atoms with Crippen molar-refractivity contribution in [2.75, 3.05) is 0 Å². The van der Waals surface area contributed by atoms with Crippen LogP contribution in [0.1, 0.15) is 21.7 Å². The van der Waals surface area contributed by atoms with Crippen molar-refractivity contribution in [3.8, 4) is 0 Å². The maximum Gasteiger partial charge on any atom is 0.432 e. The summed E-state index contributed by atoms with van der Waals surface area (Å²) in [6.45, 7) is 0.197. The molecule has 8 heteroatoms. The van der Waals surface area contributed by atoms with E-state index in [2.05, 4.69) is 15.4 Å². The summed E-state index contributed by atoms with van der Waals surface area (Å²) >= 11 is 0. The third-order valence-corrected chi connectivity index (χ3v) is 3.24. The highest BCUT2D eigenvalue weighted by Crippen LogP contribution is 2.27. The molecule has 22 heavy (non-hydrogen) atoms. The molecule has 3 rings (SSSR count). The van der Waals surface area contributed by atoms with Crippen molar-refractivity contribution >= 4 is 16.8 Å². The van der Waals surface area contributed by atoms with Crippen molar-refractivity contribution in [2.45, 2.75) is 12.7 Å². The average Bonchev–Trinajstić information content (AvgIpc) is 3.12. The van der Waals surface area contributed by atoms with Crippen molar-refractivity contribution in [1.82, 2.24) is 20.5 Å². The first-order chi connectivity index (χ1) is 10.4. The lowest BCUT2D eigenvalue weighted by Gasteiger charge is -2.05. The van der Waals surface area contributed by atoms with E-state index in [1.165, 1.54) is 0 Å². The Balaban J connectivity index is 1.72. The number of amides is 1. The molecule has 114 valence electrons. The lowest BCUT2D eigenvalue weighted by atomic mass is 10.1. The number of hydrogen-bond acceptors (Lipinski definition) is 2. The molecule has 3 N–H and O–H groups in total. The maximum absolute atomic E-state index is 12.4. The zero-order chi connectivity index (χ0) is 15.7. The maximum atomic E-state index is 12.4. The zero-order valence-electron chi connectivity index (χ0n) is 11.2. The number of fused-ring (bicyclic) bond motifs is 1. The number of alkyl halides is 3. The summed E-state index contributed by atoms with van der Waals surface area (Å²) in [5.41, 5.74) is 0.434. The molecule has 0 aliphatic rings. The summed E-state index contributed by atoms with van der Waals surface area (Å²) in [5.74, 6) is -0.667. The molecule has 5 nitrogen and oxygen atoms in total. The van der Waals surface area contributed by atoms with Gasteiger partial charge in [-0.05, 0) is 17.7 Å². The van der Waals surface area contributed by atoms with Gasteiger partial charge in [0, 0.05) is 29.7 Å². The van der Waals surface area contributed by atoms with E-state index in [1.807, 2.05) is 29.4 Å². The number of halogens is 3. The third-order valence-electron chi connectivity index (χ3n) is 3.24. The fraction of sp³-hybridized carbons (Fsp3) is 0.143. The molecule has 0 spiro atoms. The van der Waals surface area contributed by atoms with E-state index in [9.17, 15) is 18.0 Å². The first-order valence-electron chi connectivity index (χ1n) is 6.41. The molecule has 0 fully saturated rings. The van der Waals surface area contributed by atoms with E-state index in [0.717, 1.165) is 16.5 Å². The SMILES string of the molecule is O=C(NCc1cccc2[nH]ccc12)c1cc(C(F)(F)F)[nH]n1. The molecule has 3 aromatic rings. The third kappa shape index (κ3) is 2.67. The lowest BCUT2D eigenvalue weighted by Crippen LogP contribution is -2.23. The smallest absolute Gasteiger partial charge is 0.361 e.